The van der Waals surface area contributed by atoms with Crippen molar-refractivity contribution in [3.05, 3.63) is 60.3 Å². The number of methoxy groups -OCH3 is 1. The first-order valence-electron chi connectivity index (χ1n) is 10.4. The molecular weight excluding hydrogens is 451 g/mol. The van der Waals surface area contributed by atoms with Crippen LogP contribution in [-0.4, -0.2) is 47.4 Å². The number of imide groups is 1. The molecule has 178 valence electrons. The third kappa shape index (κ3) is 4.35. The van der Waals surface area contributed by atoms with E-state index in [1.807, 2.05) is 24.3 Å². The van der Waals surface area contributed by atoms with Crippen molar-refractivity contribution < 1.29 is 32.2 Å². The van der Waals surface area contributed by atoms with E-state index in [1.165, 1.54) is 17.0 Å². The number of urea groups is 1. The van der Waals surface area contributed by atoms with Crippen LogP contribution in [0.1, 0.15) is 19.4 Å². The zero-order chi connectivity index (χ0) is 24.7. The maximum atomic E-state index is 13.2. The topological polar surface area (TPSA) is 72.0 Å². The zero-order valence-corrected chi connectivity index (χ0v) is 18.7. The third-order valence-electron chi connectivity index (χ3n) is 5.80. The van der Waals surface area contributed by atoms with Gasteiger partial charge in [-0.25, -0.2) is 9.69 Å². The van der Waals surface area contributed by atoms with Crippen LogP contribution >= 0.6 is 0 Å². The predicted molar refractivity (Wildman–Crippen MR) is 119 cm³/mol. The summed E-state index contributed by atoms with van der Waals surface area (Å²) in [7, 11) is 1.57. The number of fused-ring (bicyclic) bond motifs is 1. The van der Waals surface area contributed by atoms with Crippen LogP contribution < -0.4 is 14.4 Å². The molecule has 0 atom stereocenters. The van der Waals surface area contributed by atoms with Crippen molar-refractivity contribution in [2.24, 2.45) is 0 Å². The van der Waals surface area contributed by atoms with Crippen LogP contribution in [0.3, 0.4) is 0 Å². The molecule has 3 amide bonds. The molecule has 0 radical (unpaired) electrons. The number of benzene rings is 2. The highest BCUT2D eigenvalue weighted by atomic mass is 19.4. The number of anilines is 1. The highest BCUT2D eigenvalue weighted by Crippen LogP contribution is 2.34. The Morgan fingerprint density at radius 2 is 1.68 bits per heavy atom. The number of rotatable bonds is 6. The third-order valence-corrected chi connectivity index (χ3v) is 5.80. The number of hydrogen-bond donors (Lipinski definition) is 0. The number of hydrogen-bond acceptors (Lipinski definition) is 5. The zero-order valence-electron chi connectivity index (χ0n) is 18.7. The minimum atomic E-state index is -4.83. The van der Waals surface area contributed by atoms with Gasteiger partial charge in [-0.1, -0.05) is 0 Å². The van der Waals surface area contributed by atoms with Gasteiger partial charge in [-0.3, -0.25) is 9.78 Å². The normalized spacial score (nSPS) is 15.8. The second-order valence-electron chi connectivity index (χ2n) is 8.28. The van der Waals surface area contributed by atoms with E-state index in [1.54, 1.807) is 27.2 Å². The Hall–Kier alpha value is -3.82. The van der Waals surface area contributed by atoms with Gasteiger partial charge in [0.25, 0.3) is 5.91 Å². The van der Waals surface area contributed by atoms with Gasteiger partial charge < -0.3 is 14.4 Å². The number of halogens is 3. The lowest BCUT2D eigenvalue weighted by Gasteiger charge is -2.27. The molecule has 3 aromatic rings. The van der Waals surface area contributed by atoms with Gasteiger partial charge in [0.15, 0.2) is 0 Å². The standard InChI is InChI=1S/C24H22F3N3O4/c1-23(2)21(31)30(16-4-6-17(7-5-16)34-24(25,26)27)22(32)29(23)13-11-15-10-12-28-20-9-8-18(33-3)14-19(15)20/h4-10,12,14H,11,13H2,1-3H3. The van der Waals surface area contributed by atoms with Crippen molar-refractivity contribution in [2.45, 2.75) is 32.2 Å². The first kappa shape index (κ1) is 23.3. The van der Waals surface area contributed by atoms with Crippen molar-refractivity contribution in [1.82, 2.24) is 9.88 Å². The van der Waals surface area contributed by atoms with E-state index in [9.17, 15) is 22.8 Å². The number of carbonyl (C=O) groups is 2. The molecule has 4 rings (SSSR count). The van der Waals surface area contributed by atoms with E-state index >= 15 is 0 Å². The molecule has 0 bridgehead atoms. The van der Waals surface area contributed by atoms with Gasteiger partial charge >= 0.3 is 12.4 Å². The maximum Gasteiger partial charge on any atom is 0.573 e. The first-order valence-corrected chi connectivity index (χ1v) is 10.4. The van der Waals surface area contributed by atoms with Gasteiger partial charge in [0.2, 0.25) is 0 Å². The van der Waals surface area contributed by atoms with Crippen LogP contribution in [0.15, 0.2) is 54.7 Å². The van der Waals surface area contributed by atoms with E-state index in [-0.39, 0.29) is 12.2 Å². The number of ether oxygens (including phenoxy) is 2. The molecule has 34 heavy (non-hydrogen) atoms. The quantitative estimate of drug-likeness (QED) is 0.475. The number of nitrogens with zero attached hydrogens (tertiary/aromatic N) is 3. The van der Waals surface area contributed by atoms with E-state index in [2.05, 4.69) is 9.72 Å². The highest BCUT2D eigenvalue weighted by Gasteiger charge is 2.51. The number of pyridine rings is 1. The lowest BCUT2D eigenvalue weighted by atomic mass is 10.0. The summed E-state index contributed by atoms with van der Waals surface area (Å²) in [5.41, 5.74) is 0.745. The van der Waals surface area contributed by atoms with Crippen LogP contribution in [0.4, 0.5) is 23.7 Å². The van der Waals surface area contributed by atoms with E-state index in [0.717, 1.165) is 33.5 Å². The van der Waals surface area contributed by atoms with Crippen LogP contribution in [0.25, 0.3) is 10.9 Å². The summed E-state index contributed by atoms with van der Waals surface area (Å²) >= 11 is 0. The van der Waals surface area contributed by atoms with Gasteiger partial charge in [0.1, 0.15) is 17.0 Å². The fourth-order valence-corrected chi connectivity index (χ4v) is 3.99. The molecular formula is C24H22F3N3O4. The van der Waals surface area contributed by atoms with Crippen LogP contribution in [-0.2, 0) is 11.2 Å². The Kier molecular flexibility index (Phi) is 5.84. The van der Waals surface area contributed by atoms with E-state index in [4.69, 9.17) is 4.74 Å². The smallest absolute Gasteiger partial charge is 0.497 e. The van der Waals surface area contributed by atoms with Crippen molar-refractivity contribution >= 4 is 28.5 Å². The molecule has 1 saturated heterocycles. The average molecular weight is 473 g/mol. The monoisotopic (exact) mass is 473 g/mol. The van der Waals surface area contributed by atoms with E-state index < -0.39 is 29.6 Å². The Morgan fingerprint density at radius 1 is 1.00 bits per heavy atom. The summed E-state index contributed by atoms with van der Waals surface area (Å²) in [5, 5.41) is 0.884. The molecule has 1 aromatic heterocycles. The fraction of sp³-hybridized carbons (Fsp3) is 0.292. The summed E-state index contributed by atoms with van der Waals surface area (Å²) in [4.78, 5) is 33.1. The lowest BCUT2D eigenvalue weighted by Crippen LogP contribution is -2.45. The molecule has 0 saturated carbocycles. The second-order valence-corrected chi connectivity index (χ2v) is 8.28. The van der Waals surface area contributed by atoms with Crippen molar-refractivity contribution in [1.29, 1.82) is 0 Å². The van der Waals surface area contributed by atoms with Crippen LogP contribution in [0.5, 0.6) is 11.5 Å². The minimum Gasteiger partial charge on any atom is -0.497 e. The molecule has 10 heteroatoms. The summed E-state index contributed by atoms with van der Waals surface area (Å²) in [6.07, 6.45) is -2.69. The molecule has 2 aromatic carbocycles. The Balaban J connectivity index is 1.56. The maximum absolute atomic E-state index is 13.2. The number of alkyl halides is 3. The Bertz CT molecular complexity index is 1240. The Labute approximate surface area is 193 Å². The van der Waals surface area contributed by atoms with Crippen molar-refractivity contribution in [3.8, 4) is 11.5 Å². The summed E-state index contributed by atoms with van der Waals surface area (Å²) in [6, 6.07) is 11.5. The van der Waals surface area contributed by atoms with E-state index in [0.29, 0.717) is 12.2 Å². The van der Waals surface area contributed by atoms with Crippen LogP contribution in [0, 0.1) is 0 Å². The summed E-state index contributed by atoms with van der Waals surface area (Å²) < 4.78 is 46.4. The lowest BCUT2D eigenvalue weighted by molar-refractivity contribution is -0.274. The SMILES string of the molecule is COc1ccc2nccc(CCN3C(=O)N(c4ccc(OC(F)(F)F)cc4)C(=O)C3(C)C)c2c1. The molecule has 0 unspecified atom stereocenters. The van der Waals surface area contributed by atoms with Gasteiger partial charge in [-0.2, -0.15) is 0 Å². The molecule has 0 N–H and O–H groups in total. The molecule has 1 aliphatic heterocycles. The molecule has 0 aliphatic carbocycles. The molecule has 1 fully saturated rings. The first-order chi connectivity index (χ1) is 16.0. The van der Waals surface area contributed by atoms with Crippen LogP contribution in [0.2, 0.25) is 0 Å². The molecule has 7 nitrogen and oxygen atoms in total. The number of amides is 3. The second kappa shape index (κ2) is 8.51. The van der Waals surface area contributed by atoms with Gasteiger partial charge in [-0.15, -0.1) is 13.2 Å². The molecule has 1 aliphatic rings. The van der Waals surface area contributed by atoms with Crippen molar-refractivity contribution in [3.63, 3.8) is 0 Å². The Morgan fingerprint density at radius 3 is 2.32 bits per heavy atom. The summed E-state index contributed by atoms with van der Waals surface area (Å²) in [6.45, 7) is 3.53. The minimum absolute atomic E-state index is 0.166. The van der Waals surface area contributed by atoms with Gasteiger partial charge in [0.05, 0.1) is 18.3 Å². The van der Waals surface area contributed by atoms with Gasteiger partial charge in [0, 0.05) is 18.1 Å². The highest BCUT2D eigenvalue weighted by molar-refractivity contribution is 6.23. The van der Waals surface area contributed by atoms with Crippen molar-refractivity contribution in [2.75, 3.05) is 18.6 Å². The largest absolute Gasteiger partial charge is 0.573 e. The average Bonchev–Trinajstić information content (AvgIpc) is 2.95. The number of carbonyl (C=O) groups excluding carboxylic acids is 2. The van der Waals surface area contributed by atoms with Gasteiger partial charge in [-0.05, 0) is 74.4 Å². The molecule has 0 spiro atoms. The number of aromatic nitrogens is 1. The fourth-order valence-electron chi connectivity index (χ4n) is 3.99. The predicted octanol–water partition coefficient (Wildman–Crippen LogP) is 4.93. The molecule has 2 heterocycles. The summed E-state index contributed by atoms with van der Waals surface area (Å²) in [5.74, 6) is -0.228.